The van der Waals surface area contributed by atoms with Crippen molar-refractivity contribution < 1.29 is 19.1 Å². The van der Waals surface area contributed by atoms with E-state index in [0.717, 1.165) is 5.69 Å². The lowest BCUT2D eigenvalue weighted by molar-refractivity contribution is -0.143. The molecule has 1 aromatic carbocycles. The molecule has 1 heterocycles. The molecule has 1 aliphatic rings. The molecule has 0 bridgehead atoms. The van der Waals surface area contributed by atoms with Gasteiger partial charge in [0, 0.05) is 23.8 Å². The highest BCUT2D eigenvalue weighted by molar-refractivity contribution is 6.30. The first-order chi connectivity index (χ1) is 11.2. The lowest BCUT2D eigenvalue weighted by Gasteiger charge is -2.41. The summed E-state index contributed by atoms with van der Waals surface area (Å²) in [6.45, 7) is 6.61. The van der Waals surface area contributed by atoms with Gasteiger partial charge in [-0.1, -0.05) is 11.6 Å². The van der Waals surface area contributed by atoms with E-state index in [2.05, 4.69) is 0 Å². The minimum atomic E-state index is -0.586. The van der Waals surface area contributed by atoms with Crippen LogP contribution in [0.2, 0.25) is 5.02 Å². The third-order valence-electron chi connectivity index (χ3n) is 3.66. The van der Waals surface area contributed by atoms with Gasteiger partial charge in [-0.05, 0) is 45.0 Å². The number of anilines is 1. The fourth-order valence-corrected chi connectivity index (χ4v) is 2.68. The molecule has 0 aliphatic carbocycles. The molecule has 0 aromatic heterocycles. The van der Waals surface area contributed by atoms with Crippen LogP contribution in [0, 0.1) is 0 Å². The maximum Gasteiger partial charge on any atom is 0.410 e. The van der Waals surface area contributed by atoms with Crippen molar-refractivity contribution in [3.05, 3.63) is 29.3 Å². The Balaban J connectivity index is 2.17. The molecule has 1 atom stereocenters. The average Bonchev–Trinajstić information content (AvgIpc) is 2.52. The van der Waals surface area contributed by atoms with Gasteiger partial charge in [-0.15, -0.1) is 0 Å². The van der Waals surface area contributed by atoms with Crippen molar-refractivity contribution in [2.24, 2.45) is 0 Å². The van der Waals surface area contributed by atoms with E-state index < -0.39 is 23.7 Å². The maximum atomic E-state index is 12.3. The molecule has 7 heteroatoms. The zero-order valence-corrected chi connectivity index (χ0v) is 15.2. The third kappa shape index (κ3) is 4.54. The van der Waals surface area contributed by atoms with E-state index in [-0.39, 0.29) is 6.54 Å². The fourth-order valence-electron chi connectivity index (χ4n) is 2.55. The number of ether oxygens (including phenoxy) is 2. The third-order valence-corrected chi connectivity index (χ3v) is 3.92. The number of amides is 1. The van der Waals surface area contributed by atoms with Gasteiger partial charge >= 0.3 is 12.1 Å². The molecule has 1 fully saturated rings. The van der Waals surface area contributed by atoms with Crippen molar-refractivity contribution >= 4 is 29.4 Å². The summed E-state index contributed by atoms with van der Waals surface area (Å²) in [5, 5.41) is 0.626. The largest absolute Gasteiger partial charge is 0.467 e. The lowest BCUT2D eigenvalue weighted by Crippen LogP contribution is -2.58. The summed E-state index contributed by atoms with van der Waals surface area (Å²) >= 11 is 5.92. The predicted molar refractivity (Wildman–Crippen MR) is 92.4 cm³/mol. The van der Waals surface area contributed by atoms with E-state index in [0.29, 0.717) is 18.1 Å². The lowest BCUT2D eigenvalue weighted by atomic mass is 10.1. The van der Waals surface area contributed by atoms with E-state index in [1.807, 2.05) is 37.8 Å². The van der Waals surface area contributed by atoms with E-state index in [9.17, 15) is 9.59 Å². The molecule has 24 heavy (non-hydrogen) atoms. The van der Waals surface area contributed by atoms with Crippen molar-refractivity contribution in [1.29, 1.82) is 0 Å². The van der Waals surface area contributed by atoms with Crippen LogP contribution >= 0.6 is 11.6 Å². The van der Waals surface area contributed by atoms with Crippen LogP contribution < -0.4 is 4.90 Å². The number of methoxy groups -OCH3 is 1. The first kappa shape index (κ1) is 18.4. The number of hydrogen-bond donors (Lipinski definition) is 0. The number of carbonyl (C=O) groups excluding carboxylic acids is 2. The monoisotopic (exact) mass is 354 g/mol. The summed E-state index contributed by atoms with van der Waals surface area (Å²) in [6.07, 6.45) is -0.424. The topological polar surface area (TPSA) is 59.1 Å². The van der Waals surface area contributed by atoms with Crippen LogP contribution in [0.1, 0.15) is 20.8 Å². The standard InChI is InChI=1S/C17H23ClN2O4/c1-17(2,3)24-16(22)19-9-10-20(14(11-19)15(21)23-4)13-7-5-12(18)6-8-13/h5-8,14H,9-11H2,1-4H3. The minimum Gasteiger partial charge on any atom is -0.467 e. The average molecular weight is 355 g/mol. The first-order valence-corrected chi connectivity index (χ1v) is 8.17. The normalized spacial score (nSPS) is 18.3. The highest BCUT2D eigenvalue weighted by atomic mass is 35.5. The van der Waals surface area contributed by atoms with Crippen LogP contribution in [0.5, 0.6) is 0 Å². The van der Waals surface area contributed by atoms with Gasteiger partial charge in [-0.3, -0.25) is 0 Å². The molecule has 6 nitrogen and oxygen atoms in total. The molecule has 0 spiro atoms. The predicted octanol–water partition coefficient (Wildman–Crippen LogP) is 2.94. The molecular formula is C17H23ClN2O4. The summed E-state index contributed by atoms with van der Waals surface area (Å²) in [7, 11) is 1.34. The Morgan fingerprint density at radius 3 is 2.33 bits per heavy atom. The number of benzene rings is 1. The first-order valence-electron chi connectivity index (χ1n) is 7.79. The molecule has 0 N–H and O–H groups in total. The maximum absolute atomic E-state index is 12.3. The van der Waals surface area contributed by atoms with Crippen LogP contribution in [-0.2, 0) is 14.3 Å². The van der Waals surface area contributed by atoms with Crippen molar-refractivity contribution in [2.45, 2.75) is 32.4 Å². The minimum absolute atomic E-state index is 0.213. The van der Waals surface area contributed by atoms with Crippen LogP contribution in [0.3, 0.4) is 0 Å². The fraction of sp³-hybridized carbons (Fsp3) is 0.529. The van der Waals surface area contributed by atoms with Crippen LogP contribution in [0.4, 0.5) is 10.5 Å². The van der Waals surface area contributed by atoms with Crippen molar-refractivity contribution in [3.8, 4) is 0 Å². The molecule has 1 unspecified atom stereocenters. The second-order valence-electron chi connectivity index (χ2n) is 6.64. The molecule has 1 aliphatic heterocycles. The number of halogens is 1. The van der Waals surface area contributed by atoms with Crippen molar-refractivity contribution in [3.63, 3.8) is 0 Å². The van der Waals surface area contributed by atoms with Gasteiger partial charge in [0.1, 0.15) is 11.6 Å². The summed E-state index contributed by atoms with van der Waals surface area (Å²) < 4.78 is 10.3. The van der Waals surface area contributed by atoms with Gasteiger partial charge in [0.15, 0.2) is 0 Å². The van der Waals surface area contributed by atoms with Crippen LogP contribution in [0.15, 0.2) is 24.3 Å². The number of carbonyl (C=O) groups is 2. The summed E-state index contributed by atoms with van der Waals surface area (Å²) in [5.74, 6) is -0.391. The van der Waals surface area contributed by atoms with Crippen LogP contribution in [0.25, 0.3) is 0 Å². The van der Waals surface area contributed by atoms with E-state index in [4.69, 9.17) is 21.1 Å². The summed E-state index contributed by atoms with van der Waals surface area (Å²) in [5.41, 5.74) is 0.282. The van der Waals surface area contributed by atoms with Gasteiger partial charge in [-0.25, -0.2) is 9.59 Å². The molecule has 132 valence electrons. The molecule has 1 amide bonds. The smallest absolute Gasteiger partial charge is 0.410 e. The quantitative estimate of drug-likeness (QED) is 0.764. The van der Waals surface area contributed by atoms with E-state index >= 15 is 0 Å². The number of piperazine rings is 1. The number of nitrogens with zero attached hydrogens (tertiary/aromatic N) is 2. The molecule has 0 radical (unpaired) electrons. The molecule has 2 rings (SSSR count). The van der Waals surface area contributed by atoms with Crippen molar-refractivity contribution in [2.75, 3.05) is 31.6 Å². The van der Waals surface area contributed by atoms with Gasteiger partial charge < -0.3 is 19.3 Å². The summed E-state index contributed by atoms with van der Waals surface area (Å²) in [4.78, 5) is 27.9. The zero-order chi connectivity index (χ0) is 17.9. The number of hydrogen-bond acceptors (Lipinski definition) is 5. The molecule has 0 saturated carbocycles. The Bertz CT molecular complexity index is 598. The number of rotatable bonds is 2. The Morgan fingerprint density at radius 1 is 1.17 bits per heavy atom. The highest BCUT2D eigenvalue weighted by Gasteiger charge is 2.36. The number of esters is 1. The molecule has 1 aromatic rings. The summed E-state index contributed by atoms with van der Waals surface area (Å²) in [6, 6.07) is 6.65. The Kier molecular flexibility index (Phi) is 5.59. The van der Waals surface area contributed by atoms with Gasteiger partial charge in [0.2, 0.25) is 0 Å². The second-order valence-corrected chi connectivity index (χ2v) is 7.07. The Hall–Kier alpha value is -1.95. The Labute approximate surface area is 147 Å². The highest BCUT2D eigenvalue weighted by Crippen LogP contribution is 2.24. The van der Waals surface area contributed by atoms with Gasteiger partial charge in [0.05, 0.1) is 13.7 Å². The van der Waals surface area contributed by atoms with Crippen LogP contribution in [-0.4, -0.2) is 55.3 Å². The second kappa shape index (κ2) is 7.30. The van der Waals surface area contributed by atoms with E-state index in [1.54, 1.807) is 17.0 Å². The van der Waals surface area contributed by atoms with Gasteiger partial charge in [-0.2, -0.15) is 0 Å². The SMILES string of the molecule is COC(=O)C1CN(C(=O)OC(C)(C)C)CCN1c1ccc(Cl)cc1. The molecular weight excluding hydrogens is 332 g/mol. The Morgan fingerprint density at radius 2 is 1.79 bits per heavy atom. The molecule has 1 saturated heterocycles. The van der Waals surface area contributed by atoms with Crippen molar-refractivity contribution in [1.82, 2.24) is 4.90 Å². The van der Waals surface area contributed by atoms with Gasteiger partial charge in [0.25, 0.3) is 0 Å². The van der Waals surface area contributed by atoms with E-state index in [1.165, 1.54) is 7.11 Å². The zero-order valence-electron chi connectivity index (χ0n) is 14.4.